The van der Waals surface area contributed by atoms with E-state index in [1.807, 2.05) is 30.3 Å². The summed E-state index contributed by atoms with van der Waals surface area (Å²) in [6, 6.07) is 9.63. The molecule has 0 heterocycles. The maximum Gasteiger partial charge on any atom is 0.164 e. The summed E-state index contributed by atoms with van der Waals surface area (Å²) >= 11 is 0. The third-order valence-corrected chi connectivity index (χ3v) is 5.10. The summed E-state index contributed by atoms with van der Waals surface area (Å²) in [7, 11) is 1.61. The minimum absolute atomic E-state index is 0.108. The van der Waals surface area contributed by atoms with Crippen LogP contribution in [0.2, 0.25) is 0 Å². The number of para-hydroxylation sites is 1. The van der Waals surface area contributed by atoms with Gasteiger partial charge in [-0.1, -0.05) is 32.0 Å². The van der Waals surface area contributed by atoms with Crippen LogP contribution in [-0.2, 0) is 19.2 Å². The molecule has 26 heavy (non-hydrogen) atoms. The van der Waals surface area contributed by atoms with Crippen molar-refractivity contribution in [3.05, 3.63) is 30.3 Å². The zero-order chi connectivity index (χ0) is 18.9. The highest BCUT2D eigenvalue weighted by molar-refractivity contribution is 5.84. The number of Topliss-reactive ketones (excluding diaryl/α,β-unsaturated/α-hetero) is 2. The van der Waals surface area contributed by atoms with Gasteiger partial charge in [0, 0.05) is 20.0 Å². The third-order valence-electron chi connectivity index (χ3n) is 5.10. The number of hydrogen-bond donors (Lipinski definition) is 1. The second-order valence-electron chi connectivity index (χ2n) is 7.49. The largest absolute Gasteiger partial charge is 0.374 e. The van der Waals surface area contributed by atoms with Gasteiger partial charge in [-0.2, -0.15) is 0 Å². The van der Waals surface area contributed by atoms with Gasteiger partial charge >= 0.3 is 0 Å². The molecule has 2 fully saturated rings. The van der Waals surface area contributed by atoms with Crippen molar-refractivity contribution < 1.29 is 19.2 Å². The van der Waals surface area contributed by atoms with E-state index in [9.17, 15) is 9.59 Å². The molecule has 5 nitrogen and oxygen atoms in total. The molecule has 0 unspecified atom stereocenters. The van der Waals surface area contributed by atoms with Gasteiger partial charge in [0.05, 0.1) is 5.69 Å². The zero-order valence-electron chi connectivity index (χ0n) is 16.1. The highest BCUT2D eigenvalue weighted by Gasteiger charge is 2.27. The van der Waals surface area contributed by atoms with Crippen LogP contribution in [0.3, 0.4) is 0 Å². The first-order valence-corrected chi connectivity index (χ1v) is 9.54. The summed E-state index contributed by atoms with van der Waals surface area (Å²) in [5.74, 6) is 1.71. The molecule has 2 saturated carbocycles. The van der Waals surface area contributed by atoms with Gasteiger partial charge in [-0.15, -0.1) is 0 Å². The normalized spacial score (nSPS) is 28.9. The lowest BCUT2D eigenvalue weighted by Gasteiger charge is -2.25. The summed E-state index contributed by atoms with van der Waals surface area (Å²) in [5.41, 5.74) is 3.73. The van der Waals surface area contributed by atoms with E-state index in [-0.39, 0.29) is 23.8 Å². The molecule has 0 bridgehead atoms. The lowest BCUT2D eigenvalue weighted by atomic mass is 9.88. The molecule has 0 spiro atoms. The van der Waals surface area contributed by atoms with Gasteiger partial charge in [0.25, 0.3) is 0 Å². The molecule has 0 radical (unpaired) electrons. The van der Waals surface area contributed by atoms with Gasteiger partial charge in [0.2, 0.25) is 0 Å². The Hall–Kier alpha value is -1.72. The second kappa shape index (κ2) is 10.4. The summed E-state index contributed by atoms with van der Waals surface area (Å²) in [6.45, 7) is 4.32. The number of ether oxygens (including phenoxy) is 1. The molecule has 0 aromatic heterocycles. The van der Waals surface area contributed by atoms with Gasteiger partial charge in [0.1, 0.15) is 12.2 Å². The van der Waals surface area contributed by atoms with Gasteiger partial charge in [-0.05, 0) is 49.7 Å². The zero-order valence-corrected chi connectivity index (χ0v) is 16.1. The number of ketones is 2. The number of hydrogen-bond acceptors (Lipinski definition) is 5. The molecule has 144 valence electrons. The molecule has 2 aliphatic carbocycles. The van der Waals surface area contributed by atoms with Crippen LogP contribution in [0, 0.1) is 11.8 Å². The molecule has 3 rings (SSSR count). The van der Waals surface area contributed by atoms with Gasteiger partial charge < -0.3 is 4.74 Å². The van der Waals surface area contributed by atoms with Crippen LogP contribution in [-0.4, -0.2) is 30.9 Å². The Labute approximate surface area is 156 Å². The van der Waals surface area contributed by atoms with Crippen LogP contribution in [0.1, 0.15) is 52.4 Å². The van der Waals surface area contributed by atoms with Crippen LogP contribution in [0.25, 0.3) is 0 Å². The van der Waals surface area contributed by atoms with E-state index in [0.717, 1.165) is 31.4 Å². The fourth-order valence-corrected chi connectivity index (χ4v) is 3.32. The first kappa shape index (κ1) is 20.6. The highest BCUT2D eigenvalue weighted by Crippen LogP contribution is 2.24. The molecule has 0 aliphatic heterocycles. The van der Waals surface area contributed by atoms with Crippen molar-refractivity contribution in [1.29, 1.82) is 0 Å². The predicted molar refractivity (Wildman–Crippen MR) is 102 cm³/mol. The Bertz CT molecular complexity index is 575. The Morgan fingerprint density at radius 1 is 0.885 bits per heavy atom. The average molecular weight is 361 g/mol. The maximum absolute atomic E-state index is 11.6. The van der Waals surface area contributed by atoms with E-state index >= 15 is 0 Å². The standard InChI is InChI=1S/C13H17NO2.C8H14O2/c1-10-7-8-12(15)13(9-10)16-14-11-5-3-2-4-6-11;1-6-3-4-7(9)8(5-6)10-2/h2-6,10,13-14H,7-9H2,1H3;6,8H,3-5H2,1-2H3/t10-,13+;6-,8-/m01/s1. The van der Waals surface area contributed by atoms with Crippen molar-refractivity contribution in [2.75, 3.05) is 12.6 Å². The molecular weight excluding hydrogens is 330 g/mol. The maximum atomic E-state index is 11.6. The molecular formula is C21H31NO4. The SMILES string of the molecule is CO[C@@H]1C[C@H](C)CCC1=O.C[C@H]1CCC(=O)[C@H](ONc2ccccc2)C1. The van der Waals surface area contributed by atoms with Crippen LogP contribution < -0.4 is 5.48 Å². The fourth-order valence-electron chi connectivity index (χ4n) is 3.32. The van der Waals surface area contributed by atoms with Crippen LogP contribution in [0.4, 0.5) is 5.69 Å². The van der Waals surface area contributed by atoms with Gasteiger partial charge in [0.15, 0.2) is 11.6 Å². The number of carbonyl (C=O) groups excluding carboxylic acids is 2. The van der Waals surface area contributed by atoms with Crippen molar-refractivity contribution in [3.63, 3.8) is 0 Å². The minimum Gasteiger partial charge on any atom is -0.374 e. The number of nitrogens with one attached hydrogen (secondary N) is 1. The van der Waals surface area contributed by atoms with Gasteiger partial charge in [-0.3, -0.25) is 19.9 Å². The number of carbonyl (C=O) groups is 2. The number of rotatable bonds is 4. The van der Waals surface area contributed by atoms with Crippen molar-refractivity contribution in [3.8, 4) is 0 Å². The molecule has 0 saturated heterocycles. The van der Waals surface area contributed by atoms with Crippen molar-refractivity contribution in [2.45, 2.75) is 64.6 Å². The third kappa shape index (κ3) is 6.54. The average Bonchev–Trinajstić information content (AvgIpc) is 2.66. The molecule has 1 N–H and O–H groups in total. The van der Waals surface area contributed by atoms with Crippen LogP contribution >= 0.6 is 0 Å². The molecule has 1 aromatic carbocycles. The van der Waals surface area contributed by atoms with Crippen molar-refractivity contribution in [1.82, 2.24) is 0 Å². The van der Waals surface area contributed by atoms with Crippen LogP contribution in [0.5, 0.6) is 0 Å². The van der Waals surface area contributed by atoms with Crippen molar-refractivity contribution >= 4 is 17.3 Å². The molecule has 4 atom stereocenters. The summed E-state index contributed by atoms with van der Waals surface area (Å²) in [5, 5.41) is 0. The number of benzene rings is 1. The van der Waals surface area contributed by atoms with Crippen molar-refractivity contribution in [2.24, 2.45) is 11.8 Å². The van der Waals surface area contributed by atoms with E-state index in [1.165, 1.54) is 0 Å². The van der Waals surface area contributed by atoms with E-state index < -0.39 is 0 Å². The lowest BCUT2D eigenvalue weighted by Crippen LogP contribution is -2.32. The Balaban J connectivity index is 0.000000209. The van der Waals surface area contributed by atoms with Gasteiger partial charge in [-0.25, -0.2) is 0 Å². The molecule has 0 amide bonds. The number of anilines is 1. The molecule has 5 heteroatoms. The first-order chi connectivity index (χ1) is 12.5. The summed E-state index contributed by atoms with van der Waals surface area (Å²) in [4.78, 5) is 28.1. The summed E-state index contributed by atoms with van der Waals surface area (Å²) < 4.78 is 5.02. The number of methoxy groups -OCH3 is 1. The predicted octanol–water partition coefficient (Wildman–Crippen LogP) is 4.18. The fraction of sp³-hybridized carbons (Fsp3) is 0.619. The molecule has 1 aromatic rings. The Morgan fingerprint density at radius 2 is 1.42 bits per heavy atom. The topological polar surface area (TPSA) is 64.6 Å². The minimum atomic E-state index is -0.288. The van der Waals surface area contributed by atoms with E-state index in [2.05, 4.69) is 19.3 Å². The monoisotopic (exact) mass is 361 g/mol. The Morgan fingerprint density at radius 3 is 1.96 bits per heavy atom. The molecule has 2 aliphatic rings. The van der Waals surface area contributed by atoms with E-state index in [1.54, 1.807) is 7.11 Å². The van der Waals surface area contributed by atoms with E-state index in [0.29, 0.717) is 24.7 Å². The quantitative estimate of drug-likeness (QED) is 0.815. The smallest absolute Gasteiger partial charge is 0.164 e. The van der Waals surface area contributed by atoms with E-state index in [4.69, 9.17) is 9.57 Å². The first-order valence-electron chi connectivity index (χ1n) is 9.54. The Kier molecular flexibility index (Phi) is 8.26. The lowest BCUT2D eigenvalue weighted by molar-refractivity contribution is -0.133. The summed E-state index contributed by atoms with van der Waals surface area (Å²) in [6.07, 6.45) is 4.71. The van der Waals surface area contributed by atoms with Crippen LogP contribution in [0.15, 0.2) is 30.3 Å². The highest BCUT2D eigenvalue weighted by atomic mass is 16.7. The second-order valence-corrected chi connectivity index (χ2v) is 7.49.